The molecule has 0 aliphatic heterocycles. The summed E-state index contributed by atoms with van der Waals surface area (Å²) in [5.74, 6) is 0.783. The summed E-state index contributed by atoms with van der Waals surface area (Å²) in [7, 11) is 0. The van der Waals surface area contributed by atoms with Gasteiger partial charge in [0.05, 0.1) is 0 Å². The van der Waals surface area contributed by atoms with Crippen LogP contribution < -0.4 is 5.32 Å². The Bertz CT molecular complexity index is 360. The topological polar surface area (TPSA) is 12.0 Å². The van der Waals surface area contributed by atoms with E-state index in [9.17, 15) is 0 Å². The van der Waals surface area contributed by atoms with E-state index in [0.717, 1.165) is 30.3 Å². The van der Waals surface area contributed by atoms with Gasteiger partial charge in [-0.15, -0.1) is 0 Å². The molecule has 0 aromatic heterocycles. The van der Waals surface area contributed by atoms with Crippen molar-refractivity contribution in [3.05, 3.63) is 34.3 Å². The predicted molar refractivity (Wildman–Crippen MR) is 70.1 cm³/mol. The van der Waals surface area contributed by atoms with Gasteiger partial charge in [0.2, 0.25) is 0 Å². The lowest BCUT2D eigenvalue weighted by atomic mass is 10.1. The molecule has 88 valence electrons. The van der Waals surface area contributed by atoms with E-state index in [0.29, 0.717) is 6.04 Å². The molecule has 1 aliphatic rings. The smallest absolute Gasteiger partial charge is 0.0408 e. The van der Waals surface area contributed by atoms with E-state index in [1.165, 1.54) is 17.5 Å². The van der Waals surface area contributed by atoms with Crippen molar-refractivity contribution >= 4 is 11.6 Å². The molecule has 0 bridgehead atoms. The predicted octanol–water partition coefficient (Wildman–Crippen LogP) is 3.44. The van der Waals surface area contributed by atoms with Crippen LogP contribution in [-0.2, 0) is 12.8 Å². The Morgan fingerprint density at radius 3 is 2.81 bits per heavy atom. The van der Waals surface area contributed by atoms with Crippen molar-refractivity contribution in [3.63, 3.8) is 0 Å². The van der Waals surface area contributed by atoms with Gasteiger partial charge < -0.3 is 5.32 Å². The van der Waals surface area contributed by atoms with Gasteiger partial charge >= 0.3 is 0 Å². The number of benzene rings is 1. The second kappa shape index (κ2) is 5.20. The first-order valence-corrected chi connectivity index (χ1v) is 6.53. The van der Waals surface area contributed by atoms with Crippen molar-refractivity contribution in [2.45, 2.75) is 39.2 Å². The molecule has 2 heteroatoms. The summed E-state index contributed by atoms with van der Waals surface area (Å²) in [4.78, 5) is 0. The van der Waals surface area contributed by atoms with E-state index in [1.54, 1.807) is 0 Å². The second-order valence-electron chi connectivity index (χ2n) is 5.15. The number of rotatable bonds is 4. The van der Waals surface area contributed by atoms with Gasteiger partial charge in [0, 0.05) is 11.1 Å². The molecule has 1 N–H and O–H groups in total. The van der Waals surface area contributed by atoms with Gasteiger partial charge in [-0.3, -0.25) is 0 Å². The molecule has 0 saturated heterocycles. The van der Waals surface area contributed by atoms with Gasteiger partial charge in [0.1, 0.15) is 0 Å². The quantitative estimate of drug-likeness (QED) is 0.846. The fourth-order valence-electron chi connectivity index (χ4n) is 2.31. The second-order valence-corrected chi connectivity index (χ2v) is 5.59. The Balaban J connectivity index is 1.86. The largest absolute Gasteiger partial charge is 0.313 e. The van der Waals surface area contributed by atoms with Crippen LogP contribution in [0.4, 0.5) is 0 Å². The molecule has 1 aromatic carbocycles. The molecular formula is C14H20ClN. The number of nitrogens with one attached hydrogen (secondary N) is 1. The van der Waals surface area contributed by atoms with E-state index in [4.69, 9.17) is 11.6 Å². The molecule has 1 aliphatic carbocycles. The summed E-state index contributed by atoms with van der Waals surface area (Å²) in [5.41, 5.74) is 2.89. The van der Waals surface area contributed by atoms with Crippen LogP contribution in [0.2, 0.25) is 5.02 Å². The van der Waals surface area contributed by atoms with Crippen LogP contribution >= 0.6 is 11.6 Å². The molecule has 0 saturated carbocycles. The first-order chi connectivity index (χ1) is 7.65. The molecule has 0 radical (unpaired) electrons. The number of fused-ring (bicyclic) bond motifs is 1. The zero-order chi connectivity index (χ0) is 11.5. The molecule has 1 aromatic rings. The molecule has 1 unspecified atom stereocenters. The summed E-state index contributed by atoms with van der Waals surface area (Å²) in [6.45, 7) is 5.67. The van der Waals surface area contributed by atoms with Gasteiger partial charge in [-0.2, -0.15) is 0 Å². The molecule has 1 nitrogen and oxygen atoms in total. The van der Waals surface area contributed by atoms with Crippen LogP contribution in [0.15, 0.2) is 18.2 Å². The lowest BCUT2D eigenvalue weighted by Crippen LogP contribution is -2.30. The van der Waals surface area contributed by atoms with Crippen LogP contribution in [0.3, 0.4) is 0 Å². The Hall–Kier alpha value is -0.530. The maximum atomic E-state index is 6.00. The van der Waals surface area contributed by atoms with E-state index in [2.05, 4.69) is 31.3 Å². The van der Waals surface area contributed by atoms with Gasteiger partial charge in [-0.05, 0) is 55.0 Å². The molecule has 0 amide bonds. The van der Waals surface area contributed by atoms with Gasteiger partial charge in [-0.25, -0.2) is 0 Å². The summed E-state index contributed by atoms with van der Waals surface area (Å²) in [6, 6.07) is 6.90. The standard InChI is InChI=1S/C14H20ClN/c1-10(2)5-6-16-14-8-11-3-4-13(15)7-12(11)9-14/h3-4,7,10,14,16H,5-6,8-9H2,1-2H3. The molecule has 0 spiro atoms. The van der Waals surface area contributed by atoms with Crippen molar-refractivity contribution in [1.82, 2.24) is 5.32 Å². The van der Waals surface area contributed by atoms with Crippen LogP contribution in [0.5, 0.6) is 0 Å². The molecule has 0 fully saturated rings. The van der Waals surface area contributed by atoms with Crippen molar-refractivity contribution in [1.29, 1.82) is 0 Å². The van der Waals surface area contributed by atoms with Crippen molar-refractivity contribution < 1.29 is 0 Å². The highest BCUT2D eigenvalue weighted by Gasteiger charge is 2.20. The highest BCUT2D eigenvalue weighted by molar-refractivity contribution is 6.30. The van der Waals surface area contributed by atoms with Crippen molar-refractivity contribution in [2.24, 2.45) is 5.92 Å². The zero-order valence-electron chi connectivity index (χ0n) is 10.1. The van der Waals surface area contributed by atoms with Crippen molar-refractivity contribution in [2.75, 3.05) is 6.54 Å². The maximum Gasteiger partial charge on any atom is 0.0408 e. The van der Waals surface area contributed by atoms with Gasteiger partial charge in [0.25, 0.3) is 0 Å². The average Bonchev–Trinajstić information content (AvgIpc) is 2.58. The van der Waals surface area contributed by atoms with Crippen LogP contribution in [-0.4, -0.2) is 12.6 Å². The number of halogens is 1. The van der Waals surface area contributed by atoms with Crippen LogP contribution in [0.25, 0.3) is 0 Å². The third kappa shape index (κ3) is 2.99. The van der Waals surface area contributed by atoms with Crippen molar-refractivity contribution in [3.8, 4) is 0 Å². The molecule has 2 rings (SSSR count). The van der Waals surface area contributed by atoms with E-state index >= 15 is 0 Å². The Labute approximate surface area is 103 Å². The Kier molecular flexibility index (Phi) is 3.88. The summed E-state index contributed by atoms with van der Waals surface area (Å²) < 4.78 is 0. The highest BCUT2D eigenvalue weighted by atomic mass is 35.5. The Morgan fingerprint density at radius 1 is 1.31 bits per heavy atom. The highest BCUT2D eigenvalue weighted by Crippen LogP contribution is 2.25. The zero-order valence-corrected chi connectivity index (χ0v) is 10.8. The van der Waals surface area contributed by atoms with Crippen LogP contribution in [0, 0.1) is 5.92 Å². The first kappa shape index (κ1) is 11.9. The minimum absolute atomic E-state index is 0.618. The average molecular weight is 238 g/mol. The Morgan fingerprint density at radius 2 is 2.06 bits per heavy atom. The van der Waals surface area contributed by atoms with E-state index in [1.807, 2.05) is 6.07 Å². The van der Waals surface area contributed by atoms with Crippen LogP contribution in [0.1, 0.15) is 31.4 Å². The first-order valence-electron chi connectivity index (χ1n) is 6.16. The number of hydrogen-bond donors (Lipinski definition) is 1. The van der Waals surface area contributed by atoms with Gasteiger partial charge in [0.15, 0.2) is 0 Å². The maximum absolute atomic E-state index is 6.00. The third-order valence-corrected chi connectivity index (χ3v) is 3.49. The van der Waals surface area contributed by atoms with Gasteiger partial charge in [-0.1, -0.05) is 31.5 Å². The minimum atomic E-state index is 0.618. The monoisotopic (exact) mass is 237 g/mol. The molecule has 16 heavy (non-hydrogen) atoms. The fraction of sp³-hybridized carbons (Fsp3) is 0.571. The SMILES string of the molecule is CC(C)CCNC1Cc2ccc(Cl)cc2C1. The minimum Gasteiger partial charge on any atom is -0.313 e. The lowest BCUT2D eigenvalue weighted by Gasteiger charge is -2.12. The van der Waals surface area contributed by atoms with E-state index < -0.39 is 0 Å². The lowest BCUT2D eigenvalue weighted by molar-refractivity contribution is 0.478. The summed E-state index contributed by atoms with van der Waals surface area (Å²) >= 11 is 6.00. The molecule has 1 atom stereocenters. The number of hydrogen-bond acceptors (Lipinski definition) is 1. The normalized spacial score (nSPS) is 19.1. The molecule has 0 heterocycles. The summed E-state index contributed by atoms with van der Waals surface area (Å²) in [6.07, 6.45) is 3.55. The summed E-state index contributed by atoms with van der Waals surface area (Å²) in [5, 5.41) is 4.50. The van der Waals surface area contributed by atoms with E-state index in [-0.39, 0.29) is 0 Å². The fourth-order valence-corrected chi connectivity index (χ4v) is 2.50. The third-order valence-electron chi connectivity index (χ3n) is 3.26. The molecular weight excluding hydrogens is 218 g/mol.